The molecule has 25 heavy (non-hydrogen) atoms. The quantitative estimate of drug-likeness (QED) is 0.647. The van der Waals surface area contributed by atoms with Gasteiger partial charge in [0.05, 0.1) is 4.90 Å². The van der Waals surface area contributed by atoms with Gasteiger partial charge < -0.3 is 5.32 Å². The molecule has 4 nitrogen and oxygen atoms in total. The molecule has 3 rings (SSSR count). The molecule has 0 aliphatic heterocycles. The minimum Gasteiger partial charge on any atom is -0.355 e. The van der Waals surface area contributed by atoms with Crippen LogP contribution in [0.3, 0.4) is 0 Å². The number of pyridine rings is 1. The summed E-state index contributed by atoms with van der Waals surface area (Å²) in [6.07, 6.45) is 4.85. The topological polar surface area (TPSA) is 59.1 Å². The van der Waals surface area contributed by atoms with Crippen LogP contribution >= 0.6 is 11.8 Å². The Morgan fingerprint density at radius 3 is 2.48 bits per heavy atom. The van der Waals surface area contributed by atoms with Crippen LogP contribution in [-0.2, 0) is 15.6 Å². The predicted molar refractivity (Wildman–Crippen MR) is 103 cm³/mol. The predicted octanol–water partition coefficient (Wildman–Crippen LogP) is 4.52. The third-order valence-electron chi connectivity index (χ3n) is 3.53. The molecule has 2 aromatic carbocycles. The fourth-order valence-corrected chi connectivity index (χ4v) is 3.76. The first kappa shape index (κ1) is 17.5. The monoisotopic (exact) mass is 370 g/mol. The first-order valence-corrected chi connectivity index (χ1v) is 10.6. The largest absolute Gasteiger partial charge is 0.355 e. The second-order valence-corrected chi connectivity index (χ2v) is 8.66. The van der Waals surface area contributed by atoms with E-state index >= 15 is 0 Å². The van der Waals surface area contributed by atoms with Gasteiger partial charge in [0.25, 0.3) is 0 Å². The number of hydrogen-bond donors (Lipinski definition) is 1. The van der Waals surface area contributed by atoms with E-state index in [1.807, 2.05) is 42.6 Å². The lowest BCUT2D eigenvalue weighted by Gasteiger charge is -2.09. The SMILES string of the molecule is CS(=O)(=O)c1cccc(Nc2ccc(SCc3cccnc3)cc2)c1. The second kappa shape index (κ2) is 7.72. The number of sulfone groups is 1. The molecule has 0 unspecified atom stereocenters. The lowest BCUT2D eigenvalue weighted by Crippen LogP contribution is -1.98. The number of benzene rings is 2. The van der Waals surface area contributed by atoms with Crippen LogP contribution in [0.1, 0.15) is 5.56 Å². The maximum absolute atomic E-state index is 11.6. The van der Waals surface area contributed by atoms with Crippen LogP contribution < -0.4 is 5.32 Å². The second-order valence-electron chi connectivity index (χ2n) is 5.60. The van der Waals surface area contributed by atoms with Gasteiger partial charge in [0, 0.05) is 40.7 Å². The van der Waals surface area contributed by atoms with Crippen molar-refractivity contribution in [2.24, 2.45) is 0 Å². The van der Waals surface area contributed by atoms with Gasteiger partial charge in [0.1, 0.15) is 0 Å². The van der Waals surface area contributed by atoms with Gasteiger partial charge in [0.2, 0.25) is 0 Å². The molecule has 0 saturated carbocycles. The van der Waals surface area contributed by atoms with Crippen molar-refractivity contribution >= 4 is 33.0 Å². The van der Waals surface area contributed by atoms with Gasteiger partial charge in [-0.3, -0.25) is 4.98 Å². The molecule has 0 atom stereocenters. The number of hydrogen-bond acceptors (Lipinski definition) is 5. The van der Waals surface area contributed by atoms with Crippen molar-refractivity contribution in [2.45, 2.75) is 15.5 Å². The lowest BCUT2D eigenvalue weighted by atomic mass is 10.2. The highest BCUT2D eigenvalue weighted by Gasteiger charge is 2.07. The molecule has 0 saturated heterocycles. The summed E-state index contributed by atoms with van der Waals surface area (Å²) in [7, 11) is -3.21. The van der Waals surface area contributed by atoms with E-state index in [1.54, 1.807) is 36.2 Å². The van der Waals surface area contributed by atoms with Crippen LogP contribution in [0.5, 0.6) is 0 Å². The summed E-state index contributed by atoms with van der Waals surface area (Å²) in [5.74, 6) is 0.872. The van der Waals surface area contributed by atoms with Crippen LogP contribution in [0, 0.1) is 0 Å². The molecule has 3 aromatic rings. The average Bonchev–Trinajstić information content (AvgIpc) is 2.62. The zero-order chi connectivity index (χ0) is 17.7. The maximum atomic E-state index is 11.6. The van der Waals surface area contributed by atoms with E-state index in [0.29, 0.717) is 4.90 Å². The molecule has 0 aliphatic carbocycles. The molecule has 0 bridgehead atoms. The van der Waals surface area contributed by atoms with Crippen LogP contribution in [0.25, 0.3) is 0 Å². The fourth-order valence-electron chi connectivity index (χ4n) is 2.26. The van der Waals surface area contributed by atoms with Gasteiger partial charge in [-0.15, -0.1) is 11.8 Å². The molecule has 0 radical (unpaired) electrons. The van der Waals surface area contributed by atoms with Gasteiger partial charge in [-0.25, -0.2) is 8.42 Å². The molecule has 0 fully saturated rings. The summed E-state index contributed by atoms with van der Waals surface area (Å²) in [5.41, 5.74) is 2.85. The van der Waals surface area contributed by atoms with Gasteiger partial charge in [-0.1, -0.05) is 12.1 Å². The summed E-state index contributed by atoms with van der Waals surface area (Å²) < 4.78 is 23.3. The number of nitrogens with zero attached hydrogens (tertiary/aromatic N) is 1. The Morgan fingerprint density at radius 2 is 1.80 bits per heavy atom. The maximum Gasteiger partial charge on any atom is 0.175 e. The van der Waals surface area contributed by atoms with Crippen LogP contribution in [0.4, 0.5) is 11.4 Å². The minimum absolute atomic E-state index is 0.307. The van der Waals surface area contributed by atoms with E-state index in [0.717, 1.165) is 17.1 Å². The highest BCUT2D eigenvalue weighted by atomic mass is 32.2. The lowest BCUT2D eigenvalue weighted by molar-refractivity contribution is 0.602. The van der Waals surface area contributed by atoms with E-state index in [9.17, 15) is 8.42 Å². The first-order chi connectivity index (χ1) is 12.0. The number of anilines is 2. The number of thioether (sulfide) groups is 1. The van der Waals surface area contributed by atoms with Crippen molar-refractivity contribution in [1.82, 2.24) is 4.98 Å². The molecule has 0 aliphatic rings. The highest BCUT2D eigenvalue weighted by molar-refractivity contribution is 7.98. The Balaban J connectivity index is 1.65. The van der Waals surface area contributed by atoms with Crippen molar-refractivity contribution < 1.29 is 8.42 Å². The average molecular weight is 370 g/mol. The minimum atomic E-state index is -3.21. The highest BCUT2D eigenvalue weighted by Crippen LogP contribution is 2.26. The zero-order valence-corrected chi connectivity index (χ0v) is 15.3. The van der Waals surface area contributed by atoms with Crippen molar-refractivity contribution in [3.05, 3.63) is 78.6 Å². The number of nitrogens with one attached hydrogen (secondary N) is 1. The van der Waals surface area contributed by atoms with Crippen molar-refractivity contribution in [2.75, 3.05) is 11.6 Å². The Labute approximate surface area is 152 Å². The van der Waals surface area contributed by atoms with E-state index in [1.165, 1.54) is 16.7 Å². The fraction of sp³-hybridized carbons (Fsp3) is 0.105. The summed E-state index contributed by atoms with van der Waals surface area (Å²) in [6.45, 7) is 0. The van der Waals surface area contributed by atoms with E-state index in [4.69, 9.17) is 0 Å². The molecular formula is C19H18N2O2S2. The van der Waals surface area contributed by atoms with Gasteiger partial charge >= 0.3 is 0 Å². The summed E-state index contributed by atoms with van der Waals surface area (Å²) in [6, 6.07) is 18.9. The summed E-state index contributed by atoms with van der Waals surface area (Å²) >= 11 is 1.75. The molecule has 6 heteroatoms. The smallest absolute Gasteiger partial charge is 0.175 e. The van der Waals surface area contributed by atoms with Crippen molar-refractivity contribution in [3.63, 3.8) is 0 Å². The Kier molecular flexibility index (Phi) is 5.40. The summed E-state index contributed by atoms with van der Waals surface area (Å²) in [5, 5.41) is 3.23. The van der Waals surface area contributed by atoms with Gasteiger partial charge in [-0.2, -0.15) is 0 Å². The molecular weight excluding hydrogens is 352 g/mol. The molecule has 128 valence electrons. The van der Waals surface area contributed by atoms with E-state index < -0.39 is 9.84 Å². The van der Waals surface area contributed by atoms with E-state index in [2.05, 4.69) is 16.4 Å². The number of aromatic nitrogens is 1. The first-order valence-electron chi connectivity index (χ1n) is 7.70. The van der Waals surface area contributed by atoms with E-state index in [-0.39, 0.29) is 0 Å². The van der Waals surface area contributed by atoms with Crippen LogP contribution in [0.15, 0.2) is 82.8 Å². The van der Waals surface area contributed by atoms with Gasteiger partial charge in [0.15, 0.2) is 9.84 Å². The zero-order valence-electron chi connectivity index (χ0n) is 13.7. The van der Waals surface area contributed by atoms with Crippen molar-refractivity contribution in [3.8, 4) is 0 Å². The summed E-state index contributed by atoms with van der Waals surface area (Å²) in [4.78, 5) is 5.59. The number of rotatable bonds is 6. The van der Waals surface area contributed by atoms with Crippen LogP contribution in [0.2, 0.25) is 0 Å². The van der Waals surface area contributed by atoms with Crippen molar-refractivity contribution in [1.29, 1.82) is 0 Å². The van der Waals surface area contributed by atoms with Crippen LogP contribution in [-0.4, -0.2) is 19.7 Å². The normalized spacial score (nSPS) is 11.2. The van der Waals surface area contributed by atoms with Gasteiger partial charge in [-0.05, 0) is 54.1 Å². The molecule has 0 amide bonds. The molecule has 1 N–H and O–H groups in total. The molecule has 1 heterocycles. The Morgan fingerprint density at radius 1 is 1.00 bits per heavy atom. The molecule has 0 spiro atoms. The Hall–Kier alpha value is -2.31. The third kappa shape index (κ3) is 5.08. The Bertz CT molecular complexity index is 941. The third-order valence-corrected chi connectivity index (χ3v) is 5.73. The standard InChI is InChI=1S/C19H18N2O2S2/c1-25(22,23)19-6-2-5-17(12-19)21-16-7-9-18(10-8-16)24-14-15-4-3-11-20-13-15/h2-13,21H,14H2,1H3. The molecule has 1 aromatic heterocycles.